The van der Waals surface area contributed by atoms with E-state index in [1.165, 1.54) is 6.92 Å². The lowest BCUT2D eigenvalue weighted by Crippen LogP contribution is -1.88. The number of aromatic nitrogens is 1. The topological polar surface area (TPSA) is 12.9 Å². The molecule has 0 aliphatic heterocycles. The minimum absolute atomic E-state index is 0.477. The summed E-state index contributed by atoms with van der Waals surface area (Å²) < 4.78 is 30.7. The molecule has 0 aliphatic rings. The summed E-state index contributed by atoms with van der Waals surface area (Å²) in [5.41, 5.74) is 4.34. The van der Waals surface area contributed by atoms with E-state index in [-0.39, 0.29) is 0 Å². The Kier molecular flexibility index (Phi) is 2.68. The molecule has 1 heterocycles. The molecule has 1 nitrogen and oxygen atoms in total. The average Bonchev–Trinajstić information content (AvgIpc) is 2.62. The Bertz CT molecular complexity index is 836. The number of benzene rings is 2. The summed E-state index contributed by atoms with van der Waals surface area (Å²) in [5, 5.41) is 0. The maximum Gasteiger partial charge on any atom is 0.0702 e. The van der Waals surface area contributed by atoms with E-state index in [4.69, 9.17) is 5.48 Å². The third kappa shape index (κ3) is 3.03. The molecule has 3 rings (SSSR count). The van der Waals surface area contributed by atoms with E-state index in [0.29, 0.717) is 5.56 Å². The van der Waals surface area contributed by atoms with Crippen molar-refractivity contribution in [3.8, 4) is 22.4 Å². The Balaban J connectivity index is 1.86. The third-order valence-electron chi connectivity index (χ3n) is 3.48. The minimum Gasteiger partial charge on any atom is -0.256 e. The second-order valence-corrected chi connectivity index (χ2v) is 5.00. The first-order valence-corrected chi connectivity index (χ1v) is 6.91. The van der Waals surface area contributed by atoms with E-state index in [1.807, 2.05) is 54.6 Å². The van der Waals surface area contributed by atoms with Gasteiger partial charge in [-0.3, -0.25) is 4.98 Å². The Morgan fingerprint density at radius 3 is 2.19 bits per heavy atom. The summed E-state index contributed by atoms with van der Waals surface area (Å²) >= 11 is 0. The Labute approximate surface area is 131 Å². The van der Waals surface area contributed by atoms with Gasteiger partial charge < -0.3 is 0 Å². The molecular weight excluding hydrogens is 254 g/mol. The molecule has 21 heavy (non-hydrogen) atoms. The smallest absolute Gasteiger partial charge is 0.0702 e. The van der Waals surface area contributed by atoms with Crippen LogP contribution in [0, 0.1) is 0 Å². The van der Waals surface area contributed by atoms with Crippen LogP contribution in [-0.2, 0) is 0 Å². The van der Waals surface area contributed by atoms with Gasteiger partial charge in [0.2, 0.25) is 0 Å². The molecule has 104 valence electrons. The average molecular weight is 277 g/mol. The van der Waals surface area contributed by atoms with Crippen molar-refractivity contribution >= 4 is 0 Å². The molecule has 1 unspecified atom stereocenters. The van der Waals surface area contributed by atoms with Crippen LogP contribution in [-0.4, -0.2) is 4.98 Å². The van der Waals surface area contributed by atoms with E-state index in [2.05, 4.69) is 4.98 Å². The van der Waals surface area contributed by atoms with Crippen molar-refractivity contribution in [1.29, 1.82) is 0 Å². The number of rotatable bonds is 3. The van der Waals surface area contributed by atoms with Crippen LogP contribution in [0.4, 0.5) is 0 Å². The Morgan fingerprint density at radius 1 is 0.857 bits per heavy atom. The van der Waals surface area contributed by atoms with Gasteiger partial charge >= 0.3 is 0 Å². The van der Waals surface area contributed by atoms with Gasteiger partial charge in [-0.05, 0) is 23.1 Å². The molecule has 1 aromatic heterocycles. The van der Waals surface area contributed by atoms with Gasteiger partial charge in [-0.2, -0.15) is 0 Å². The van der Waals surface area contributed by atoms with Gasteiger partial charge in [0.1, 0.15) is 0 Å². The van der Waals surface area contributed by atoms with Crippen LogP contribution in [0.2, 0.25) is 0 Å². The summed E-state index contributed by atoms with van der Waals surface area (Å²) in [6.45, 7) is -0.946. The highest BCUT2D eigenvalue weighted by Gasteiger charge is 2.03. The summed E-state index contributed by atoms with van der Waals surface area (Å²) in [4.78, 5) is 4.51. The third-order valence-corrected chi connectivity index (χ3v) is 3.48. The van der Waals surface area contributed by atoms with Gasteiger partial charge in [-0.15, -0.1) is 0 Å². The first kappa shape index (κ1) is 9.51. The maximum atomic E-state index is 8.14. The van der Waals surface area contributed by atoms with Crippen LogP contribution < -0.4 is 0 Å². The fraction of sp³-hybridized carbons (Fsp3) is 0.150. The van der Waals surface area contributed by atoms with Gasteiger partial charge in [0.05, 0.1) is 5.69 Å². The first-order valence-electron chi connectivity index (χ1n) is 8.91. The Hall–Kier alpha value is -2.41. The molecule has 0 saturated carbocycles. The zero-order valence-electron chi connectivity index (χ0n) is 15.9. The Morgan fingerprint density at radius 2 is 1.57 bits per heavy atom. The van der Waals surface area contributed by atoms with E-state index < -0.39 is 12.7 Å². The molecule has 0 spiro atoms. The largest absolute Gasteiger partial charge is 0.256 e. The van der Waals surface area contributed by atoms with Crippen LogP contribution in [0.3, 0.4) is 0 Å². The molecule has 0 saturated heterocycles. The summed E-state index contributed by atoms with van der Waals surface area (Å²) in [7, 11) is 0. The maximum absolute atomic E-state index is 8.14. The van der Waals surface area contributed by atoms with Crippen molar-refractivity contribution in [1.82, 2.24) is 4.98 Å². The highest BCUT2D eigenvalue weighted by Crippen LogP contribution is 2.24. The summed E-state index contributed by atoms with van der Waals surface area (Å²) in [6.07, 6.45) is 1.81. The highest BCUT2D eigenvalue weighted by atomic mass is 14.7. The molecule has 1 heteroatoms. The zero-order valence-corrected chi connectivity index (χ0v) is 11.9. The monoisotopic (exact) mass is 277 g/mol. The van der Waals surface area contributed by atoms with Gasteiger partial charge in [0.15, 0.2) is 0 Å². The van der Waals surface area contributed by atoms with Gasteiger partial charge in [-0.1, -0.05) is 74.4 Å². The predicted molar refractivity (Wildman–Crippen MR) is 89.2 cm³/mol. The molecule has 1 atom stereocenters. The first-order chi connectivity index (χ1) is 11.8. The molecule has 0 fully saturated rings. The summed E-state index contributed by atoms with van der Waals surface area (Å²) in [5.74, 6) is -1.62. The van der Waals surface area contributed by atoms with Gasteiger partial charge in [-0.25, -0.2) is 0 Å². The van der Waals surface area contributed by atoms with E-state index in [9.17, 15) is 0 Å². The lowest BCUT2D eigenvalue weighted by Gasteiger charge is -2.07. The zero-order chi connectivity index (χ0) is 18.1. The van der Waals surface area contributed by atoms with E-state index in [0.717, 1.165) is 22.4 Å². The van der Waals surface area contributed by atoms with Crippen molar-refractivity contribution in [2.45, 2.75) is 19.7 Å². The number of hydrogen-bond donors (Lipinski definition) is 0. The van der Waals surface area contributed by atoms with E-state index in [1.54, 1.807) is 18.3 Å². The van der Waals surface area contributed by atoms with Gasteiger partial charge in [0, 0.05) is 22.8 Å². The number of hydrogen-bond acceptors (Lipinski definition) is 1. The fourth-order valence-corrected chi connectivity index (χ4v) is 2.26. The molecular formula is C20H19N. The molecule has 3 aromatic rings. The molecule has 0 radical (unpaired) electrons. The van der Waals surface area contributed by atoms with Crippen LogP contribution >= 0.6 is 0 Å². The highest BCUT2D eigenvalue weighted by molar-refractivity contribution is 5.66. The molecule has 0 N–H and O–H groups in total. The molecule has 0 bridgehead atoms. The van der Waals surface area contributed by atoms with Gasteiger partial charge in [0.25, 0.3) is 0 Å². The van der Waals surface area contributed by atoms with Crippen molar-refractivity contribution in [2.75, 3.05) is 0 Å². The quantitative estimate of drug-likeness (QED) is 0.612. The minimum atomic E-state index is -2.37. The second-order valence-electron chi connectivity index (χ2n) is 5.00. The molecule has 0 aliphatic carbocycles. The van der Waals surface area contributed by atoms with Crippen LogP contribution in [0.15, 0.2) is 72.9 Å². The van der Waals surface area contributed by atoms with Crippen molar-refractivity contribution in [2.24, 2.45) is 0 Å². The SMILES string of the molecule is [2H]C([2H])([2H])C([2H])(C)c1ccc(-c2ccc(-c3ccccc3)nc2)cc1. The second kappa shape index (κ2) is 5.92. The van der Waals surface area contributed by atoms with Crippen LogP contribution in [0.25, 0.3) is 22.4 Å². The molecule has 0 amide bonds. The van der Waals surface area contributed by atoms with Crippen molar-refractivity contribution in [3.05, 3.63) is 78.5 Å². The van der Waals surface area contributed by atoms with Crippen LogP contribution in [0.1, 0.15) is 30.7 Å². The number of pyridine rings is 1. The standard InChI is InChI=1S/C20H19N/c1-15(2)16-8-10-17(11-9-16)19-12-13-20(21-14-19)18-6-4-3-5-7-18/h3-15H,1-2H3/i1D3,15D. The fourth-order valence-electron chi connectivity index (χ4n) is 2.26. The number of nitrogens with zero attached hydrogens (tertiary/aromatic N) is 1. The lowest BCUT2D eigenvalue weighted by atomic mass is 9.99. The predicted octanol–water partition coefficient (Wildman–Crippen LogP) is 5.54. The van der Waals surface area contributed by atoms with E-state index >= 15 is 0 Å². The van der Waals surface area contributed by atoms with Crippen molar-refractivity contribution in [3.63, 3.8) is 0 Å². The normalized spacial score (nSPS) is 17.0. The molecule has 2 aromatic carbocycles. The summed E-state index contributed by atoms with van der Waals surface area (Å²) in [6, 6.07) is 21.0. The lowest BCUT2D eigenvalue weighted by molar-refractivity contribution is 0.867. The van der Waals surface area contributed by atoms with Crippen molar-refractivity contribution < 1.29 is 5.48 Å². The van der Waals surface area contributed by atoms with Crippen LogP contribution in [0.5, 0.6) is 0 Å².